The Morgan fingerprint density at radius 3 is 2.32 bits per heavy atom. The average Bonchev–Trinajstić information content (AvgIpc) is 3.63. The molecule has 1 fully saturated rings. The number of carbonyl (C=O) groups is 2. The number of aryl methyl sites for hydroxylation is 1. The van der Waals surface area contributed by atoms with Gasteiger partial charge in [-0.25, -0.2) is 17.6 Å². The van der Waals surface area contributed by atoms with E-state index in [1.165, 1.54) is 30.3 Å². The van der Waals surface area contributed by atoms with Gasteiger partial charge in [0, 0.05) is 17.3 Å². The summed E-state index contributed by atoms with van der Waals surface area (Å²) in [5, 5.41) is 2.84. The summed E-state index contributed by atoms with van der Waals surface area (Å²) in [6, 6.07) is 17.7. The zero-order valence-electron chi connectivity index (χ0n) is 18.3. The van der Waals surface area contributed by atoms with Crippen LogP contribution >= 0.6 is 0 Å². The van der Waals surface area contributed by atoms with Gasteiger partial charge in [-0.1, -0.05) is 36.4 Å². The molecule has 0 radical (unpaired) electrons. The quantitative estimate of drug-likeness (QED) is 0.471. The Morgan fingerprint density at radius 2 is 1.68 bits per heavy atom. The third-order valence-corrected chi connectivity index (χ3v) is 6.82. The molecule has 7 nitrogen and oxygen atoms in total. The molecule has 3 aromatic rings. The molecule has 3 aromatic carbocycles. The van der Waals surface area contributed by atoms with Crippen LogP contribution in [0.5, 0.6) is 0 Å². The predicted octanol–water partition coefficient (Wildman–Crippen LogP) is 4.11. The molecule has 0 saturated heterocycles. The van der Waals surface area contributed by atoms with Crippen molar-refractivity contribution in [3.63, 3.8) is 0 Å². The Hall–Kier alpha value is -3.72. The zero-order chi connectivity index (χ0) is 24.3. The number of halogens is 1. The molecule has 0 aromatic heterocycles. The number of hydrogen-bond acceptors (Lipinski definition) is 5. The van der Waals surface area contributed by atoms with Crippen molar-refractivity contribution >= 4 is 27.6 Å². The zero-order valence-corrected chi connectivity index (χ0v) is 19.1. The van der Waals surface area contributed by atoms with E-state index in [9.17, 15) is 22.4 Å². The van der Waals surface area contributed by atoms with E-state index < -0.39 is 33.8 Å². The van der Waals surface area contributed by atoms with Gasteiger partial charge in [-0.3, -0.25) is 9.52 Å². The molecule has 1 amide bonds. The molecule has 0 bridgehead atoms. The predicted molar refractivity (Wildman–Crippen MR) is 124 cm³/mol. The van der Waals surface area contributed by atoms with Gasteiger partial charge in [0.05, 0.1) is 10.5 Å². The van der Waals surface area contributed by atoms with Gasteiger partial charge in [-0.15, -0.1) is 0 Å². The summed E-state index contributed by atoms with van der Waals surface area (Å²) >= 11 is 0. The Morgan fingerprint density at radius 1 is 1.00 bits per heavy atom. The second-order valence-electron chi connectivity index (χ2n) is 8.07. The SMILES string of the molecule is Cc1ccc(C(=O)O[C@H](C(=O)NC2CC2)c2ccccc2)cc1S(=O)(=O)Nc1ccc(F)cc1. The lowest BCUT2D eigenvalue weighted by Gasteiger charge is -2.18. The van der Waals surface area contributed by atoms with E-state index in [0.717, 1.165) is 25.0 Å². The largest absolute Gasteiger partial charge is 0.444 e. The van der Waals surface area contributed by atoms with Gasteiger partial charge in [0.15, 0.2) is 0 Å². The first-order valence-electron chi connectivity index (χ1n) is 10.7. The molecular formula is C25H23FN2O5S. The van der Waals surface area contributed by atoms with Crippen molar-refractivity contribution in [3.05, 3.63) is 95.3 Å². The minimum Gasteiger partial charge on any atom is -0.444 e. The van der Waals surface area contributed by atoms with Crippen LogP contribution in [0.3, 0.4) is 0 Å². The second kappa shape index (κ2) is 9.64. The molecule has 1 atom stereocenters. The van der Waals surface area contributed by atoms with Crippen LogP contribution < -0.4 is 10.0 Å². The molecule has 4 rings (SSSR count). The molecular weight excluding hydrogens is 459 g/mol. The van der Waals surface area contributed by atoms with Crippen molar-refractivity contribution in [2.75, 3.05) is 4.72 Å². The van der Waals surface area contributed by atoms with Crippen molar-refractivity contribution in [2.45, 2.75) is 36.8 Å². The van der Waals surface area contributed by atoms with E-state index in [1.54, 1.807) is 37.3 Å². The highest BCUT2D eigenvalue weighted by molar-refractivity contribution is 7.92. The van der Waals surface area contributed by atoms with E-state index >= 15 is 0 Å². The number of carbonyl (C=O) groups excluding carboxylic acids is 2. The van der Waals surface area contributed by atoms with Crippen LogP contribution in [0.4, 0.5) is 10.1 Å². The number of hydrogen-bond donors (Lipinski definition) is 2. The summed E-state index contributed by atoms with van der Waals surface area (Å²) in [5.41, 5.74) is 1.06. The standard InChI is InChI=1S/C25H23FN2O5S/c1-16-7-8-18(15-22(16)34(31,32)28-21-11-9-19(26)10-12-21)25(30)33-23(17-5-3-2-4-6-17)24(29)27-20-13-14-20/h2-12,15,20,23,28H,13-14H2,1H3,(H,27,29)/t23-/m0/s1. The van der Waals surface area contributed by atoms with Gasteiger partial charge in [-0.2, -0.15) is 0 Å². The Bertz CT molecular complexity index is 1310. The summed E-state index contributed by atoms with van der Waals surface area (Å²) in [6.45, 7) is 1.59. The Balaban J connectivity index is 1.58. The maximum atomic E-state index is 13.1. The lowest BCUT2D eigenvalue weighted by Crippen LogP contribution is -2.33. The topological polar surface area (TPSA) is 102 Å². The molecule has 0 heterocycles. The normalized spacial score (nSPS) is 14.2. The van der Waals surface area contributed by atoms with Crippen molar-refractivity contribution in [1.82, 2.24) is 5.32 Å². The molecule has 0 aliphatic heterocycles. The van der Waals surface area contributed by atoms with E-state index in [-0.39, 0.29) is 22.2 Å². The van der Waals surface area contributed by atoms with Gasteiger partial charge in [0.1, 0.15) is 5.82 Å². The van der Waals surface area contributed by atoms with Crippen molar-refractivity contribution < 1.29 is 27.1 Å². The molecule has 0 unspecified atom stereocenters. The van der Waals surface area contributed by atoms with Crippen molar-refractivity contribution in [1.29, 1.82) is 0 Å². The third-order valence-electron chi connectivity index (χ3n) is 5.30. The smallest absolute Gasteiger partial charge is 0.339 e. The Labute approximate surface area is 197 Å². The first-order chi connectivity index (χ1) is 16.2. The highest BCUT2D eigenvalue weighted by Gasteiger charge is 2.31. The third kappa shape index (κ3) is 5.60. The van der Waals surface area contributed by atoms with Gasteiger partial charge in [0.25, 0.3) is 15.9 Å². The molecule has 34 heavy (non-hydrogen) atoms. The number of sulfonamides is 1. The number of esters is 1. The lowest BCUT2D eigenvalue weighted by atomic mass is 10.1. The molecule has 1 saturated carbocycles. The molecule has 176 valence electrons. The van der Waals surface area contributed by atoms with Crippen molar-refractivity contribution in [3.8, 4) is 0 Å². The van der Waals surface area contributed by atoms with E-state index in [2.05, 4.69) is 10.0 Å². The van der Waals surface area contributed by atoms with Gasteiger partial charge < -0.3 is 10.1 Å². The minimum absolute atomic E-state index is 0.0229. The maximum absolute atomic E-state index is 13.1. The summed E-state index contributed by atoms with van der Waals surface area (Å²) in [4.78, 5) is 25.6. The molecule has 1 aliphatic carbocycles. The van der Waals surface area contributed by atoms with Crippen LogP contribution in [-0.4, -0.2) is 26.3 Å². The highest BCUT2D eigenvalue weighted by Crippen LogP contribution is 2.26. The van der Waals surface area contributed by atoms with Crippen LogP contribution in [0.1, 0.15) is 40.4 Å². The fourth-order valence-corrected chi connectivity index (χ4v) is 4.66. The van der Waals surface area contributed by atoms with E-state index in [0.29, 0.717) is 11.1 Å². The molecule has 1 aliphatic rings. The van der Waals surface area contributed by atoms with Gasteiger partial charge in [-0.05, 0) is 61.7 Å². The first-order valence-corrected chi connectivity index (χ1v) is 12.2. The van der Waals surface area contributed by atoms with E-state index in [4.69, 9.17) is 4.74 Å². The Kier molecular flexibility index (Phi) is 6.65. The number of nitrogens with one attached hydrogen (secondary N) is 2. The number of amides is 1. The lowest BCUT2D eigenvalue weighted by molar-refractivity contribution is -0.130. The minimum atomic E-state index is -4.08. The van der Waals surface area contributed by atoms with Crippen LogP contribution in [-0.2, 0) is 19.6 Å². The molecule has 2 N–H and O–H groups in total. The number of ether oxygens (including phenoxy) is 1. The van der Waals surface area contributed by atoms with Gasteiger partial charge >= 0.3 is 5.97 Å². The summed E-state index contributed by atoms with van der Waals surface area (Å²) in [5.74, 6) is -1.76. The van der Waals surface area contributed by atoms with Crippen LogP contribution in [0.25, 0.3) is 0 Å². The van der Waals surface area contributed by atoms with Crippen LogP contribution in [0, 0.1) is 12.7 Å². The highest BCUT2D eigenvalue weighted by atomic mass is 32.2. The first kappa shape index (κ1) is 23.4. The molecule has 0 spiro atoms. The van der Waals surface area contributed by atoms with Crippen molar-refractivity contribution in [2.24, 2.45) is 0 Å². The molecule has 9 heteroatoms. The summed E-state index contributed by atoms with van der Waals surface area (Å²) < 4.78 is 46.9. The fraction of sp³-hybridized carbons (Fsp3) is 0.200. The number of rotatable bonds is 8. The maximum Gasteiger partial charge on any atom is 0.339 e. The number of anilines is 1. The van der Waals surface area contributed by atoms with E-state index in [1.807, 2.05) is 0 Å². The van der Waals surface area contributed by atoms with Crippen LogP contribution in [0.15, 0.2) is 77.7 Å². The van der Waals surface area contributed by atoms with Gasteiger partial charge in [0.2, 0.25) is 6.10 Å². The average molecular weight is 483 g/mol. The summed E-state index contributed by atoms with van der Waals surface area (Å²) in [6.07, 6.45) is 0.580. The second-order valence-corrected chi connectivity index (χ2v) is 9.72. The van der Waals surface area contributed by atoms with Crippen LogP contribution in [0.2, 0.25) is 0 Å². The monoisotopic (exact) mass is 482 g/mol. The summed E-state index contributed by atoms with van der Waals surface area (Å²) in [7, 11) is -4.08. The fourth-order valence-electron chi connectivity index (χ4n) is 3.33. The number of benzene rings is 3.